The van der Waals surface area contributed by atoms with E-state index in [-0.39, 0.29) is 11.3 Å². The standard InChI is InChI=1S/C12H12FN3O/c1-3-16-11(4-8(2)15-16)12(17)9-5-10(13)7-14-6-9/h4-7H,3H2,1-2H3. The number of hydrogen-bond donors (Lipinski definition) is 0. The average molecular weight is 233 g/mol. The van der Waals surface area contributed by atoms with Crippen molar-refractivity contribution in [1.29, 1.82) is 0 Å². The normalized spacial score (nSPS) is 10.5. The zero-order chi connectivity index (χ0) is 12.4. The summed E-state index contributed by atoms with van der Waals surface area (Å²) in [5.74, 6) is -0.783. The maximum atomic E-state index is 13.0. The molecule has 0 aromatic carbocycles. The minimum Gasteiger partial charge on any atom is -0.287 e. The predicted octanol–water partition coefficient (Wildman–Crippen LogP) is 1.98. The van der Waals surface area contributed by atoms with Crippen LogP contribution in [0.4, 0.5) is 4.39 Å². The van der Waals surface area contributed by atoms with Crippen LogP contribution in [0.2, 0.25) is 0 Å². The summed E-state index contributed by atoms with van der Waals surface area (Å²) in [6.07, 6.45) is 2.42. The summed E-state index contributed by atoms with van der Waals surface area (Å²) in [5, 5.41) is 4.18. The van der Waals surface area contributed by atoms with E-state index in [1.807, 2.05) is 13.8 Å². The second kappa shape index (κ2) is 4.45. The second-order valence-corrected chi connectivity index (χ2v) is 3.71. The Labute approximate surface area is 98.1 Å². The smallest absolute Gasteiger partial charge is 0.212 e. The molecular formula is C12H12FN3O. The van der Waals surface area contributed by atoms with Crippen molar-refractivity contribution in [2.24, 2.45) is 0 Å². The molecule has 0 N–H and O–H groups in total. The zero-order valence-corrected chi connectivity index (χ0v) is 9.64. The fraction of sp³-hybridized carbons (Fsp3) is 0.250. The van der Waals surface area contributed by atoms with Gasteiger partial charge in [0.05, 0.1) is 11.9 Å². The molecule has 0 bridgehead atoms. The fourth-order valence-electron chi connectivity index (χ4n) is 1.65. The Balaban J connectivity index is 2.43. The third kappa shape index (κ3) is 2.22. The van der Waals surface area contributed by atoms with Crippen molar-refractivity contribution in [2.75, 3.05) is 0 Å². The van der Waals surface area contributed by atoms with Crippen LogP contribution in [0.15, 0.2) is 24.5 Å². The van der Waals surface area contributed by atoms with Gasteiger partial charge in [-0.2, -0.15) is 5.10 Å². The van der Waals surface area contributed by atoms with E-state index in [1.54, 1.807) is 10.7 Å². The molecule has 0 amide bonds. The summed E-state index contributed by atoms with van der Waals surface area (Å²) in [5.41, 5.74) is 1.46. The van der Waals surface area contributed by atoms with Crippen LogP contribution in [0.25, 0.3) is 0 Å². The zero-order valence-electron chi connectivity index (χ0n) is 9.64. The fourth-order valence-corrected chi connectivity index (χ4v) is 1.65. The molecule has 88 valence electrons. The Morgan fingerprint density at radius 2 is 2.18 bits per heavy atom. The van der Waals surface area contributed by atoms with E-state index in [4.69, 9.17) is 0 Å². The Morgan fingerprint density at radius 1 is 1.41 bits per heavy atom. The van der Waals surface area contributed by atoms with Crippen LogP contribution in [-0.4, -0.2) is 20.5 Å². The van der Waals surface area contributed by atoms with Gasteiger partial charge in [-0.05, 0) is 26.0 Å². The van der Waals surface area contributed by atoms with Gasteiger partial charge in [0.15, 0.2) is 0 Å². The number of ketones is 1. The molecule has 0 saturated carbocycles. The summed E-state index contributed by atoms with van der Waals surface area (Å²) >= 11 is 0. The summed E-state index contributed by atoms with van der Waals surface area (Å²) in [6, 6.07) is 2.87. The molecule has 2 heterocycles. The number of aromatic nitrogens is 3. The Hall–Kier alpha value is -2.04. The van der Waals surface area contributed by atoms with E-state index in [9.17, 15) is 9.18 Å². The van der Waals surface area contributed by atoms with Gasteiger partial charge in [0.25, 0.3) is 0 Å². The highest BCUT2D eigenvalue weighted by Gasteiger charge is 2.15. The van der Waals surface area contributed by atoms with Crippen molar-refractivity contribution >= 4 is 5.78 Å². The third-order valence-corrected chi connectivity index (χ3v) is 2.40. The minimum absolute atomic E-state index is 0.236. The van der Waals surface area contributed by atoms with E-state index in [0.717, 1.165) is 11.9 Å². The molecular weight excluding hydrogens is 221 g/mol. The molecule has 5 heteroatoms. The molecule has 0 radical (unpaired) electrons. The maximum Gasteiger partial charge on any atom is 0.212 e. The van der Waals surface area contributed by atoms with E-state index < -0.39 is 5.82 Å². The molecule has 0 spiro atoms. The summed E-state index contributed by atoms with van der Waals surface area (Å²) < 4.78 is 14.6. The van der Waals surface area contributed by atoms with Gasteiger partial charge < -0.3 is 0 Å². The number of halogens is 1. The third-order valence-electron chi connectivity index (χ3n) is 2.40. The second-order valence-electron chi connectivity index (χ2n) is 3.71. The van der Waals surface area contributed by atoms with Crippen molar-refractivity contribution in [1.82, 2.24) is 14.8 Å². The molecule has 0 unspecified atom stereocenters. The largest absolute Gasteiger partial charge is 0.287 e. The highest BCUT2D eigenvalue weighted by atomic mass is 19.1. The van der Waals surface area contributed by atoms with Crippen LogP contribution < -0.4 is 0 Å². The van der Waals surface area contributed by atoms with Gasteiger partial charge in [-0.25, -0.2) is 4.39 Å². The summed E-state index contributed by atoms with van der Waals surface area (Å²) in [4.78, 5) is 15.8. The number of rotatable bonds is 3. The molecule has 0 aliphatic heterocycles. The van der Waals surface area contributed by atoms with Crippen molar-refractivity contribution < 1.29 is 9.18 Å². The number of carbonyl (C=O) groups is 1. The van der Waals surface area contributed by atoms with Gasteiger partial charge in [0, 0.05) is 18.3 Å². The monoisotopic (exact) mass is 233 g/mol. The Kier molecular flexibility index (Phi) is 2.99. The number of pyridine rings is 1. The highest BCUT2D eigenvalue weighted by molar-refractivity contribution is 6.07. The van der Waals surface area contributed by atoms with Gasteiger partial charge in [0.2, 0.25) is 5.78 Å². The Bertz CT molecular complexity index is 563. The first-order valence-electron chi connectivity index (χ1n) is 5.31. The number of aryl methyl sites for hydroxylation is 2. The lowest BCUT2D eigenvalue weighted by molar-refractivity contribution is 0.102. The van der Waals surface area contributed by atoms with E-state index in [1.165, 1.54) is 12.3 Å². The van der Waals surface area contributed by atoms with Crippen LogP contribution in [0.3, 0.4) is 0 Å². The van der Waals surface area contributed by atoms with Crippen molar-refractivity contribution in [3.8, 4) is 0 Å². The number of carbonyl (C=O) groups excluding carboxylic acids is 1. The molecule has 0 saturated heterocycles. The summed E-state index contributed by atoms with van der Waals surface area (Å²) in [7, 11) is 0. The average Bonchev–Trinajstić information content (AvgIpc) is 2.69. The topological polar surface area (TPSA) is 47.8 Å². The molecule has 0 aliphatic carbocycles. The molecule has 2 aromatic rings. The Morgan fingerprint density at radius 3 is 2.82 bits per heavy atom. The molecule has 17 heavy (non-hydrogen) atoms. The molecule has 2 aromatic heterocycles. The molecule has 0 fully saturated rings. The lowest BCUT2D eigenvalue weighted by atomic mass is 10.1. The van der Waals surface area contributed by atoms with Gasteiger partial charge in [-0.1, -0.05) is 0 Å². The molecule has 0 atom stereocenters. The van der Waals surface area contributed by atoms with Crippen molar-refractivity contribution in [3.05, 3.63) is 47.3 Å². The van der Waals surface area contributed by atoms with Crippen LogP contribution in [0, 0.1) is 12.7 Å². The van der Waals surface area contributed by atoms with E-state index >= 15 is 0 Å². The molecule has 2 rings (SSSR count). The lowest BCUT2D eigenvalue weighted by Gasteiger charge is -2.03. The van der Waals surface area contributed by atoms with Gasteiger partial charge in [0.1, 0.15) is 11.5 Å². The number of nitrogens with zero attached hydrogens (tertiary/aromatic N) is 3. The van der Waals surface area contributed by atoms with Crippen molar-refractivity contribution in [2.45, 2.75) is 20.4 Å². The minimum atomic E-state index is -0.518. The first-order chi connectivity index (χ1) is 8.11. The van der Waals surface area contributed by atoms with Crippen LogP contribution in [-0.2, 0) is 6.54 Å². The van der Waals surface area contributed by atoms with E-state index in [2.05, 4.69) is 10.1 Å². The van der Waals surface area contributed by atoms with E-state index in [0.29, 0.717) is 12.2 Å². The highest BCUT2D eigenvalue weighted by Crippen LogP contribution is 2.11. The first kappa shape index (κ1) is 11.4. The van der Waals surface area contributed by atoms with Gasteiger partial charge >= 0.3 is 0 Å². The number of hydrogen-bond acceptors (Lipinski definition) is 3. The lowest BCUT2D eigenvalue weighted by Crippen LogP contribution is -2.11. The molecule has 0 aliphatic rings. The van der Waals surface area contributed by atoms with Crippen LogP contribution in [0.5, 0.6) is 0 Å². The van der Waals surface area contributed by atoms with Gasteiger partial charge in [-0.15, -0.1) is 0 Å². The maximum absolute atomic E-state index is 13.0. The first-order valence-corrected chi connectivity index (χ1v) is 5.31. The van der Waals surface area contributed by atoms with Gasteiger partial charge in [-0.3, -0.25) is 14.5 Å². The predicted molar refractivity (Wildman–Crippen MR) is 60.3 cm³/mol. The van der Waals surface area contributed by atoms with Crippen LogP contribution >= 0.6 is 0 Å². The molecule has 4 nitrogen and oxygen atoms in total. The quantitative estimate of drug-likeness (QED) is 0.761. The van der Waals surface area contributed by atoms with Crippen molar-refractivity contribution in [3.63, 3.8) is 0 Å². The van der Waals surface area contributed by atoms with Crippen LogP contribution in [0.1, 0.15) is 28.7 Å². The summed E-state index contributed by atoms with van der Waals surface area (Å²) in [6.45, 7) is 4.30. The SMILES string of the molecule is CCn1nc(C)cc1C(=O)c1cncc(F)c1.